The first-order valence-corrected chi connectivity index (χ1v) is 4.32. The Morgan fingerprint density at radius 1 is 1.31 bits per heavy atom. The minimum atomic E-state index is -0.964. The van der Waals surface area contributed by atoms with Crippen molar-refractivity contribution < 1.29 is 19.4 Å². The lowest BCUT2D eigenvalue weighted by atomic mass is 9.79. The number of carbonyl (C=O) groups is 2. The van der Waals surface area contributed by atoms with Gasteiger partial charge in [0.15, 0.2) is 0 Å². The molecule has 0 aliphatic carbocycles. The van der Waals surface area contributed by atoms with Crippen molar-refractivity contribution >= 4 is 11.9 Å². The van der Waals surface area contributed by atoms with E-state index in [1.165, 1.54) is 7.11 Å². The topological polar surface area (TPSA) is 63.6 Å². The van der Waals surface area contributed by atoms with Crippen molar-refractivity contribution in [3.63, 3.8) is 0 Å². The summed E-state index contributed by atoms with van der Waals surface area (Å²) in [6, 6.07) is 0. The average molecular weight is 188 g/mol. The summed E-state index contributed by atoms with van der Waals surface area (Å²) in [6.07, 6.45) is 0.817. The van der Waals surface area contributed by atoms with Gasteiger partial charge in [-0.15, -0.1) is 0 Å². The predicted octanol–water partition coefficient (Wildman–Crippen LogP) is 1.44. The lowest BCUT2D eigenvalue weighted by molar-refractivity contribution is -0.159. The molecule has 1 N–H and O–H groups in total. The van der Waals surface area contributed by atoms with Gasteiger partial charge in [-0.1, -0.05) is 13.8 Å². The molecule has 4 nitrogen and oxygen atoms in total. The Morgan fingerprint density at radius 3 is 2.00 bits per heavy atom. The van der Waals surface area contributed by atoms with Crippen LogP contribution >= 0.6 is 0 Å². The molecule has 0 spiro atoms. The zero-order valence-electron chi connectivity index (χ0n) is 8.29. The normalized spacial score (nSPS) is 11.0. The Labute approximate surface area is 77.9 Å². The number of hydrogen-bond acceptors (Lipinski definition) is 3. The summed E-state index contributed by atoms with van der Waals surface area (Å²) >= 11 is 0. The molecule has 0 fully saturated rings. The lowest BCUT2D eigenvalue weighted by Crippen LogP contribution is -2.33. The van der Waals surface area contributed by atoms with Gasteiger partial charge in [-0.2, -0.15) is 0 Å². The molecule has 0 radical (unpaired) electrons. The third kappa shape index (κ3) is 2.72. The summed E-state index contributed by atoms with van der Waals surface area (Å²) in [5.41, 5.74) is -0.847. The van der Waals surface area contributed by atoms with Gasteiger partial charge >= 0.3 is 11.9 Å². The highest BCUT2D eigenvalue weighted by molar-refractivity contribution is 5.82. The number of ether oxygens (including phenoxy) is 1. The van der Waals surface area contributed by atoms with Gasteiger partial charge in [-0.05, 0) is 12.8 Å². The summed E-state index contributed by atoms with van der Waals surface area (Å²) in [7, 11) is 1.28. The summed E-state index contributed by atoms with van der Waals surface area (Å²) in [5, 5.41) is 8.65. The van der Waals surface area contributed by atoms with E-state index in [1.54, 1.807) is 13.8 Å². The van der Waals surface area contributed by atoms with Crippen molar-refractivity contribution in [2.24, 2.45) is 5.41 Å². The molecule has 76 valence electrons. The van der Waals surface area contributed by atoms with Crippen LogP contribution in [-0.2, 0) is 14.3 Å². The molecule has 0 aromatic carbocycles. The van der Waals surface area contributed by atoms with E-state index in [0.29, 0.717) is 12.8 Å². The van der Waals surface area contributed by atoms with Gasteiger partial charge in [0.1, 0.15) is 0 Å². The predicted molar refractivity (Wildman–Crippen MR) is 47.3 cm³/mol. The first kappa shape index (κ1) is 11.9. The fourth-order valence-corrected chi connectivity index (χ4v) is 1.37. The van der Waals surface area contributed by atoms with Crippen LogP contribution in [0.25, 0.3) is 0 Å². The smallest absolute Gasteiger partial charge is 0.312 e. The molecule has 13 heavy (non-hydrogen) atoms. The maximum absolute atomic E-state index is 11.3. The van der Waals surface area contributed by atoms with Gasteiger partial charge in [0.05, 0.1) is 18.9 Å². The van der Waals surface area contributed by atoms with Crippen LogP contribution < -0.4 is 0 Å². The highest BCUT2D eigenvalue weighted by Gasteiger charge is 2.38. The summed E-state index contributed by atoms with van der Waals surface area (Å²) in [4.78, 5) is 21.9. The van der Waals surface area contributed by atoms with Crippen LogP contribution in [0.1, 0.15) is 33.1 Å². The van der Waals surface area contributed by atoms with Gasteiger partial charge in [0.25, 0.3) is 0 Å². The molecule has 0 rings (SSSR count). The maximum atomic E-state index is 11.3. The minimum absolute atomic E-state index is 0.160. The van der Waals surface area contributed by atoms with Crippen molar-refractivity contribution in [3.8, 4) is 0 Å². The standard InChI is InChI=1S/C9H16O4/c1-4-9(5-2,6-7(10)11)8(12)13-3/h4-6H2,1-3H3,(H,10,11). The van der Waals surface area contributed by atoms with Crippen LogP contribution in [0.2, 0.25) is 0 Å². The van der Waals surface area contributed by atoms with Crippen LogP contribution in [0, 0.1) is 5.41 Å². The quantitative estimate of drug-likeness (QED) is 0.663. The van der Waals surface area contributed by atoms with E-state index in [0.717, 1.165) is 0 Å². The summed E-state index contributed by atoms with van der Waals surface area (Å²) < 4.78 is 4.60. The number of carboxylic acids is 1. The van der Waals surface area contributed by atoms with Crippen molar-refractivity contribution in [1.29, 1.82) is 0 Å². The van der Waals surface area contributed by atoms with E-state index >= 15 is 0 Å². The van der Waals surface area contributed by atoms with Crippen molar-refractivity contribution in [1.82, 2.24) is 0 Å². The molecule has 0 aliphatic rings. The molecule has 0 aromatic heterocycles. The Kier molecular flexibility index (Phi) is 4.45. The molecule has 0 amide bonds. The summed E-state index contributed by atoms with van der Waals surface area (Å²) in [5.74, 6) is -1.39. The average Bonchev–Trinajstić information content (AvgIpc) is 2.12. The fourth-order valence-electron chi connectivity index (χ4n) is 1.37. The van der Waals surface area contributed by atoms with Gasteiger partial charge in [-0.3, -0.25) is 9.59 Å². The fraction of sp³-hybridized carbons (Fsp3) is 0.778. The van der Waals surface area contributed by atoms with Gasteiger partial charge in [0, 0.05) is 0 Å². The van der Waals surface area contributed by atoms with E-state index in [-0.39, 0.29) is 6.42 Å². The number of carboxylic acid groups (broad SMARTS) is 1. The number of carbonyl (C=O) groups excluding carboxylic acids is 1. The molecule has 0 unspecified atom stereocenters. The Hall–Kier alpha value is -1.06. The third-order valence-corrected chi connectivity index (χ3v) is 2.46. The zero-order chi connectivity index (χ0) is 10.5. The van der Waals surface area contributed by atoms with Crippen LogP contribution in [0.3, 0.4) is 0 Å². The number of methoxy groups -OCH3 is 1. The zero-order valence-corrected chi connectivity index (χ0v) is 8.29. The molecule has 0 aliphatic heterocycles. The SMILES string of the molecule is CCC(CC)(CC(=O)O)C(=O)OC. The van der Waals surface area contributed by atoms with Gasteiger partial charge in [-0.25, -0.2) is 0 Å². The van der Waals surface area contributed by atoms with Crippen molar-refractivity contribution in [3.05, 3.63) is 0 Å². The number of esters is 1. The molecular formula is C9H16O4. The largest absolute Gasteiger partial charge is 0.481 e. The molecule has 0 saturated carbocycles. The second-order valence-corrected chi connectivity index (χ2v) is 3.05. The van der Waals surface area contributed by atoms with E-state index in [4.69, 9.17) is 5.11 Å². The maximum Gasteiger partial charge on any atom is 0.312 e. The monoisotopic (exact) mass is 188 g/mol. The Morgan fingerprint density at radius 2 is 1.77 bits per heavy atom. The number of aliphatic carboxylic acids is 1. The molecule has 0 saturated heterocycles. The van der Waals surface area contributed by atoms with Crippen LogP contribution in [0.5, 0.6) is 0 Å². The van der Waals surface area contributed by atoms with E-state index in [9.17, 15) is 9.59 Å². The third-order valence-electron chi connectivity index (χ3n) is 2.46. The van der Waals surface area contributed by atoms with Crippen LogP contribution in [0.15, 0.2) is 0 Å². The molecule has 4 heteroatoms. The second-order valence-electron chi connectivity index (χ2n) is 3.05. The van der Waals surface area contributed by atoms with E-state index < -0.39 is 17.4 Å². The van der Waals surface area contributed by atoms with Crippen LogP contribution in [-0.4, -0.2) is 24.2 Å². The first-order chi connectivity index (χ1) is 6.02. The summed E-state index contributed by atoms with van der Waals surface area (Å²) in [6.45, 7) is 3.59. The van der Waals surface area contributed by atoms with E-state index in [1.807, 2.05) is 0 Å². The minimum Gasteiger partial charge on any atom is -0.481 e. The van der Waals surface area contributed by atoms with Crippen molar-refractivity contribution in [2.75, 3.05) is 7.11 Å². The molecule has 0 atom stereocenters. The van der Waals surface area contributed by atoms with E-state index in [2.05, 4.69) is 4.74 Å². The number of hydrogen-bond donors (Lipinski definition) is 1. The number of rotatable bonds is 5. The molecular weight excluding hydrogens is 172 g/mol. The van der Waals surface area contributed by atoms with Gasteiger partial charge in [0.2, 0.25) is 0 Å². The van der Waals surface area contributed by atoms with Crippen LogP contribution in [0.4, 0.5) is 0 Å². The van der Waals surface area contributed by atoms with Gasteiger partial charge < -0.3 is 9.84 Å². The Bertz CT molecular complexity index is 194. The molecule has 0 heterocycles. The molecule has 0 bridgehead atoms. The highest BCUT2D eigenvalue weighted by atomic mass is 16.5. The highest BCUT2D eigenvalue weighted by Crippen LogP contribution is 2.31. The first-order valence-electron chi connectivity index (χ1n) is 4.32. The lowest BCUT2D eigenvalue weighted by Gasteiger charge is -2.26. The molecule has 0 aromatic rings. The Balaban J connectivity index is 4.68. The van der Waals surface area contributed by atoms with Crippen molar-refractivity contribution in [2.45, 2.75) is 33.1 Å². The second kappa shape index (κ2) is 4.84.